The van der Waals surface area contributed by atoms with Crippen molar-refractivity contribution in [2.45, 2.75) is 6.42 Å². The van der Waals surface area contributed by atoms with Crippen molar-refractivity contribution in [3.8, 4) is 12.3 Å². The third kappa shape index (κ3) is 3.83. The minimum atomic E-state index is 0.138. The molecule has 0 bridgehead atoms. The maximum absolute atomic E-state index is 11.2. The fourth-order valence-electron chi connectivity index (χ4n) is 0.860. The third-order valence-corrected chi connectivity index (χ3v) is 2.18. The molecule has 0 saturated carbocycles. The summed E-state index contributed by atoms with van der Waals surface area (Å²) in [4.78, 5) is 16.1. The molecule has 0 unspecified atom stereocenters. The van der Waals surface area contributed by atoms with E-state index in [4.69, 9.17) is 6.42 Å². The van der Waals surface area contributed by atoms with Gasteiger partial charge >= 0.3 is 0 Å². The second kappa shape index (κ2) is 5.46. The minimum absolute atomic E-state index is 0.138. The van der Waals surface area contributed by atoms with E-state index < -0.39 is 0 Å². The number of aromatic nitrogens is 1. The summed E-state index contributed by atoms with van der Waals surface area (Å²) in [6.45, 7) is 0.774. The number of thiazole rings is 1. The summed E-state index contributed by atoms with van der Waals surface area (Å²) < 4.78 is 0. The molecule has 0 aliphatic rings. The highest BCUT2D eigenvalue weighted by atomic mass is 32.1. The van der Waals surface area contributed by atoms with Crippen LogP contribution in [0, 0.1) is 12.3 Å². The topological polar surface area (TPSA) is 42.0 Å². The summed E-state index contributed by atoms with van der Waals surface area (Å²) in [5.74, 6) is 2.55. The van der Waals surface area contributed by atoms with Crippen LogP contribution in [0.25, 0.3) is 0 Å². The zero-order valence-electron chi connectivity index (χ0n) is 7.12. The Morgan fingerprint density at radius 1 is 1.77 bits per heavy atom. The number of nitrogens with one attached hydrogen (secondary N) is 1. The van der Waals surface area contributed by atoms with Gasteiger partial charge in [-0.3, -0.25) is 15.1 Å². The molecule has 1 N–H and O–H groups in total. The van der Waals surface area contributed by atoms with E-state index in [-0.39, 0.29) is 5.78 Å². The first-order valence-corrected chi connectivity index (χ1v) is 4.74. The molecule has 0 radical (unpaired) electrons. The van der Waals surface area contributed by atoms with Gasteiger partial charge in [-0.25, -0.2) is 0 Å². The fourth-order valence-corrected chi connectivity index (χ4v) is 1.48. The van der Waals surface area contributed by atoms with E-state index in [1.807, 2.05) is 0 Å². The summed E-state index contributed by atoms with van der Waals surface area (Å²) in [5.41, 5.74) is 1.72. The van der Waals surface area contributed by atoms with Crippen molar-refractivity contribution in [3.05, 3.63) is 16.6 Å². The Balaban J connectivity index is 2.23. The molecule has 0 fully saturated rings. The van der Waals surface area contributed by atoms with Crippen LogP contribution < -0.4 is 5.32 Å². The van der Waals surface area contributed by atoms with Crippen LogP contribution in [0.3, 0.4) is 0 Å². The standard InChI is InChI=1S/C9H10N2OS/c1-2-3-10-5-8(12)4-9-6-11-7-13-9/h1,6-7,10H,3-5H2. The maximum Gasteiger partial charge on any atom is 0.151 e. The monoisotopic (exact) mass is 194 g/mol. The van der Waals surface area contributed by atoms with Gasteiger partial charge in [-0.1, -0.05) is 5.92 Å². The van der Waals surface area contributed by atoms with Gasteiger partial charge in [0.25, 0.3) is 0 Å². The van der Waals surface area contributed by atoms with E-state index >= 15 is 0 Å². The highest BCUT2D eigenvalue weighted by molar-refractivity contribution is 7.09. The molecule has 1 rings (SSSR count). The number of hydrogen-bond acceptors (Lipinski definition) is 4. The molecule has 1 aromatic heterocycles. The smallest absolute Gasteiger partial charge is 0.151 e. The van der Waals surface area contributed by atoms with Crippen molar-refractivity contribution in [2.24, 2.45) is 0 Å². The van der Waals surface area contributed by atoms with Gasteiger partial charge in [0.05, 0.1) is 18.6 Å². The number of hydrogen-bond donors (Lipinski definition) is 1. The maximum atomic E-state index is 11.2. The van der Waals surface area contributed by atoms with Crippen LogP contribution >= 0.6 is 11.3 Å². The molecule has 0 aromatic carbocycles. The van der Waals surface area contributed by atoms with E-state index in [0.29, 0.717) is 19.5 Å². The molecule has 13 heavy (non-hydrogen) atoms. The Morgan fingerprint density at radius 2 is 2.62 bits per heavy atom. The van der Waals surface area contributed by atoms with Crippen LogP contribution in [-0.2, 0) is 11.2 Å². The van der Waals surface area contributed by atoms with Crippen LogP contribution in [0.1, 0.15) is 4.88 Å². The van der Waals surface area contributed by atoms with Gasteiger partial charge in [0.15, 0.2) is 5.78 Å². The van der Waals surface area contributed by atoms with Crippen molar-refractivity contribution in [1.29, 1.82) is 0 Å². The molecule has 0 atom stereocenters. The van der Waals surface area contributed by atoms with Gasteiger partial charge in [-0.15, -0.1) is 17.8 Å². The molecule has 1 heterocycles. The lowest BCUT2D eigenvalue weighted by atomic mass is 10.2. The zero-order valence-corrected chi connectivity index (χ0v) is 7.93. The molecular formula is C9H10N2OS. The molecular weight excluding hydrogens is 184 g/mol. The van der Waals surface area contributed by atoms with E-state index in [1.165, 1.54) is 11.3 Å². The number of carbonyl (C=O) groups excluding carboxylic acids is 1. The van der Waals surface area contributed by atoms with Gasteiger partial charge in [0.1, 0.15) is 0 Å². The Morgan fingerprint density at radius 3 is 3.23 bits per heavy atom. The molecule has 68 valence electrons. The fraction of sp³-hybridized carbons (Fsp3) is 0.333. The predicted molar refractivity (Wildman–Crippen MR) is 52.5 cm³/mol. The first-order chi connectivity index (χ1) is 6.33. The third-order valence-electron chi connectivity index (χ3n) is 1.40. The van der Waals surface area contributed by atoms with Gasteiger partial charge in [0, 0.05) is 17.5 Å². The van der Waals surface area contributed by atoms with Gasteiger partial charge in [-0.05, 0) is 0 Å². The van der Waals surface area contributed by atoms with Crippen molar-refractivity contribution >= 4 is 17.1 Å². The summed E-state index contributed by atoms with van der Waals surface area (Å²) in [6.07, 6.45) is 7.18. The second-order valence-corrected chi connectivity index (χ2v) is 3.46. The van der Waals surface area contributed by atoms with Crippen LogP contribution in [0.2, 0.25) is 0 Å². The largest absolute Gasteiger partial charge is 0.299 e. The Bertz CT molecular complexity index is 300. The number of ketones is 1. The number of nitrogens with zero attached hydrogens (tertiary/aromatic N) is 1. The number of rotatable bonds is 5. The first kappa shape index (κ1) is 9.90. The number of Topliss-reactive ketones (excluding diaryl/α,β-unsaturated/α-hetero) is 1. The summed E-state index contributed by atoms with van der Waals surface area (Å²) in [5, 5.41) is 2.85. The zero-order chi connectivity index (χ0) is 9.52. The van der Waals surface area contributed by atoms with Gasteiger partial charge < -0.3 is 0 Å². The molecule has 4 heteroatoms. The minimum Gasteiger partial charge on any atom is -0.299 e. The molecule has 0 amide bonds. The summed E-state index contributed by atoms with van der Waals surface area (Å²) in [6, 6.07) is 0. The first-order valence-electron chi connectivity index (χ1n) is 3.86. The average Bonchev–Trinajstić information content (AvgIpc) is 2.57. The van der Waals surface area contributed by atoms with Crippen molar-refractivity contribution in [3.63, 3.8) is 0 Å². The molecule has 0 spiro atoms. The highest BCUT2D eigenvalue weighted by Gasteiger charge is 2.03. The van der Waals surface area contributed by atoms with E-state index in [1.54, 1.807) is 11.7 Å². The summed E-state index contributed by atoms with van der Waals surface area (Å²) >= 11 is 1.49. The van der Waals surface area contributed by atoms with Crippen molar-refractivity contribution in [2.75, 3.05) is 13.1 Å². The van der Waals surface area contributed by atoms with Crippen molar-refractivity contribution in [1.82, 2.24) is 10.3 Å². The Hall–Kier alpha value is -1.18. The van der Waals surface area contributed by atoms with Gasteiger partial charge in [0.2, 0.25) is 0 Å². The molecule has 0 aliphatic heterocycles. The SMILES string of the molecule is C#CCNCC(=O)Cc1cncs1. The normalized spacial score (nSPS) is 9.46. The lowest BCUT2D eigenvalue weighted by Crippen LogP contribution is -2.24. The second-order valence-electron chi connectivity index (χ2n) is 2.49. The van der Waals surface area contributed by atoms with Gasteiger partial charge in [-0.2, -0.15) is 0 Å². The van der Waals surface area contributed by atoms with Crippen LogP contribution in [0.4, 0.5) is 0 Å². The number of terminal acetylenes is 1. The van der Waals surface area contributed by atoms with Crippen molar-refractivity contribution < 1.29 is 4.79 Å². The van der Waals surface area contributed by atoms with Crippen LogP contribution in [-0.4, -0.2) is 23.9 Å². The lowest BCUT2D eigenvalue weighted by molar-refractivity contribution is -0.117. The summed E-state index contributed by atoms with van der Waals surface area (Å²) in [7, 11) is 0. The highest BCUT2D eigenvalue weighted by Crippen LogP contribution is 2.05. The average molecular weight is 194 g/mol. The van der Waals surface area contributed by atoms with Crippen LogP contribution in [0.15, 0.2) is 11.7 Å². The van der Waals surface area contributed by atoms with E-state index in [2.05, 4.69) is 16.2 Å². The quantitative estimate of drug-likeness (QED) is 0.547. The predicted octanol–water partition coefficient (Wildman–Crippen LogP) is 0.477. The Labute approximate surface area is 81.2 Å². The lowest BCUT2D eigenvalue weighted by Gasteiger charge is -1.97. The number of carbonyl (C=O) groups is 1. The molecule has 1 aromatic rings. The molecule has 0 saturated heterocycles. The van der Waals surface area contributed by atoms with E-state index in [0.717, 1.165) is 4.88 Å². The molecule has 3 nitrogen and oxygen atoms in total. The van der Waals surface area contributed by atoms with E-state index in [9.17, 15) is 4.79 Å². The Kier molecular flexibility index (Phi) is 4.16. The van der Waals surface area contributed by atoms with Crippen LogP contribution in [0.5, 0.6) is 0 Å². The molecule has 0 aliphatic carbocycles.